The third-order valence-electron chi connectivity index (χ3n) is 4.90. The van der Waals surface area contributed by atoms with Crippen LogP contribution in [0.15, 0.2) is 93.6 Å². The number of thiophene rings is 1. The number of pyridine rings is 2. The molecule has 5 heteroatoms. The third kappa shape index (κ3) is 3.48. The number of aromatic nitrogens is 1. The van der Waals surface area contributed by atoms with Crippen molar-refractivity contribution in [2.24, 2.45) is 0 Å². The van der Waals surface area contributed by atoms with Crippen molar-refractivity contribution in [2.75, 3.05) is 0 Å². The molecule has 0 spiro atoms. The minimum atomic E-state index is -0.0214. The molecule has 3 aromatic heterocycles. The fourth-order valence-electron chi connectivity index (χ4n) is 3.43. The van der Waals surface area contributed by atoms with Crippen molar-refractivity contribution in [3.8, 4) is 16.9 Å². The molecule has 0 saturated carbocycles. The average molecular weight is 462 g/mol. The summed E-state index contributed by atoms with van der Waals surface area (Å²) in [7, 11) is 0. The second kappa shape index (κ2) is 7.50. The number of benzene rings is 2. The first-order valence-electron chi connectivity index (χ1n) is 9.20. The Hall–Kier alpha value is -2.89. The van der Waals surface area contributed by atoms with Crippen LogP contribution in [0.25, 0.3) is 26.7 Å². The summed E-state index contributed by atoms with van der Waals surface area (Å²) in [5, 5.41) is 1.13. The van der Waals surface area contributed by atoms with Crippen molar-refractivity contribution in [3.63, 3.8) is 0 Å². The van der Waals surface area contributed by atoms with E-state index in [0.717, 1.165) is 36.3 Å². The van der Waals surface area contributed by atoms with E-state index >= 15 is 0 Å². The molecule has 0 aliphatic carbocycles. The van der Waals surface area contributed by atoms with Crippen molar-refractivity contribution in [3.05, 3.63) is 105 Å². The molecule has 2 aromatic carbocycles. The number of hydrogen-bond acceptors (Lipinski definition) is 3. The Bertz CT molecular complexity index is 1370. The molecule has 0 N–H and O–H groups in total. The number of nitrogens with zero attached hydrogens (tertiary/aromatic N) is 1. The molecule has 142 valence electrons. The molecule has 0 radical (unpaired) electrons. The van der Waals surface area contributed by atoms with Crippen molar-refractivity contribution < 1.29 is 4.74 Å². The first-order valence-corrected chi connectivity index (χ1v) is 10.8. The highest BCUT2D eigenvalue weighted by Gasteiger charge is 2.10. The largest absolute Gasteiger partial charge is 0.489 e. The minimum absolute atomic E-state index is 0.0214. The molecule has 0 bridgehead atoms. The molecule has 0 aliphatic rings. The van der Waals surface area contributed by atoms with Crippen LogP contribution in [0.1, 0.15) is 5.56 Å². The van der Waals surface area contributed by atoms with Gasteiger partial charge < -0.3 is 4.74 Å². The maximum Gasteiger partial charge on any atom is 0.262 e. The highest BCUT2D eigenvalue weighted by molar-refractivity contribution is 9.11. The smallest absolute Gasteiger partial charge is 0.262 e. The van der Waals surface area contributed by atoms with E-state index in [4.69, 9.17) is 4.74 Å². The van der Waals surface area contributed by atoms with Gasteiger partial charge in [0.25, 0.3) is 5.56 Å². The lowest BCUT2D eigenvalue weighted by Crippen LogP contribution is -2.15. The van der Waals surface area contributed by atoms with Crippen molar-refractivity contribution >= 4 is 42.9 Å². The Morgan fingerprint density at radius 1 is 0.931 bits per heavy atom. The summed E-state index contributed by atoms with van der Waals surface area (Å²) in [4.78, 5) is 13.1. The summed E-state index contributed by atoms with van der Waals surface area (Å²) in [5.74, 6) is 0.781. The molecule has 29 heavy (non-hydrogen) atoms. The van der Waals surface area contributed by atoms with Gasteiger partial charge in [0.2, 0.25) is 0 Å². The fraction of sp³-hybridized carbons (Fsp3) is 0.0417. The van der Waals surface area contributed by atoms with E-state index in [1.165, 1.54) is 0 Å². The Kier molecular flexibility index (Phi) is 4.70. The Morgan fingerprint density at radius 3 is 2.52 bits per heavy atom. The van der Waals surface area contributed by atoms with Crippen LogP contribution in [0.4, 0.5) is 0 Å². The van der Waals surface area contributed by atoms with E-state index in [2.05, 4.69) is 22.0 Å². The predicted octanol–water partition coefficient (Wildman–Crippen LogP) is 6.52. The van der Waals surface area contributed by atoms with E-state index in [-0.39, 0.29) is 5.56 Å². The van der Waals surface area contributed by atoms with E-state index in [9.17, 15) is 4.79 Å². The van der Waals surface area contributed by atoms with Gasteiger partial charge in [-0.25, -0.2) is 0 Å². The highest BCUT2D eigenvalue weighted by atomic mass is 79.9. The zero-order valence-electron chi connectivity index (χ0n) is 15.3. The number of fused-ring (bicyclic) bond motifs is 3. The van der Waals surface area contributed by atoms with Crippen molar-refractivity contribution in [1.82, 2.24) is 4.40 Å². The molecule has 5 rings (SSSR count). The van der Waals surface area contributed by atoms with Crippen molar-refractivity contribution in [2.45, 2.75) is 6.61 Å². The molecule has 0 unspecified atom stereocenters. The van der Waals surface area contributed by atoms with Gasteiger partial charge in [-0.2, -0.15) is 0 Å². The molecule has 3 heterocycles. The second-order valence-electron chi connectivity index (χ2n) is 6.76. The molecule has 0 aliphatic heterocycles. The first kappa shape index (κ1) is 18.2. The summed E-state index contributed by atoms with van der Waals surface area (Å²) >= 11 is 5.17. The SMILES string of the molecule is O=c1c(-c2ccc(OCc3ccccc3)cc2)ccc2c3sc(Br)cc3ccn12. The first-order chi connectivity index (χ1) is 14.2. The molecular weight excluding hydrogens is 446 g/mol. The average Bonchev–Trinajstić information content (AvgIpc) is 3.14. The van der Waals surface area contributed by atoms with Gasteiger partial charge in [-0.05, 0) is 68.8 Å². The van der Waals surface area contributed by atoms with Crippen molar-refractivity contribution in [1.29, 1.82) is 0 Å². The standard InChI is InChI=1S/C24H16BrNO2S/c25-22-14-18-12-13-26-21(23(18)29-22)11-10-20(24(26)27)17-6-8-19(9-7-17)28-15-16-4-2-1-3-5-16/h1-14H,15H2. The molecule has 0 atom stereocenters. The van der Waals surface area contributed by atoms with Crippen LogP contribution in [0, 0.1) is 0 Å². The van der Waals surface area contributed by atoms with Gasteiger partial charge in [0.1, 0.15) is 12.4 Å². The maximum absolute atomic E-state index is 13.1. The monoisotopic (exact) mass is 461 g/mol. The molecule has 0 fully saturated rings. The summed E-state index contributed by atoms with van der Waals surface area (Å²) in [6, 6.07) is 25.7. The predicted molar refractivity (Wildman–Crippen MR) is 123 cm³/mol. The van der Waals surface area contributed by atoms with E-state index in [1.54, 1.807) is 15.7 Å². The van der Waals surface area contributed by atoms with Crippen LogP contribution in [-0.2, 0) is 6.61 Å². The topological polar surface area (TPSA) is 30.7 Å². The number of rotatable bonds is 4. The Balaban J connectivity index is 1.46. The lowest BCUT2D eigenvalue weighted by atomic mass is 10.1. The van der Waals surface area contributed by atoms with Gasteiger partial charge in [0.05, 0.1) is 14.0 Å². The van der Waals surface area contributed by atoms with Crippen LogP contribution in [0.5, 0.6) is 5.75 Å². The van der Waals surface area contributed by atoms with E-state index < -0.39 is 0 Å². The summed E-state index contributed by atoms with van der Waals surface area (Å²) in [6.07, 6.45) is 1.85. The number of hydrogen-bond donors (Lipinski definition) is 0. The quantitative estimate of drug-likeness (QED) is 0.304. The molecule has 0 saturated heterocycles. The number of ether oxygens (including phenoxy) is 1. The van der Waals surface area contributed by atoms with Crippen LogP contribution >= 0.6 is 27.3 Å². The molecule has 3 nitrogen and oxygen atoms in total. The van der Waals surface area contributed by atoms with Gasteiger partial charge in [-0.15, -0.1) is 11.3 Å². The highest BCUT2D eigenvalue weighted by Crippen LogP contribution is 2.32. The Morgan fingerprint density at radius 2 is 1.72 bits per heavy atom. The second-order valence-corrected chi connectivity index (χ2v) is 9.19. The van der Waals surface area contributed by atoms with Crippen LogP contribution in [0.3, 0.4) is 0 Å². The van der Waals surface area contributed by atoms with E-state index in [1.807, 2.05) is 79.0 Å². The number of halogens is 1. The normalized spacial score (nSPS) is 11.2. The zero-order chi connectivity index (χ0) is 19.8. The van der Waals surface area contributed by atoms with Crippen LogP contribution in [-0.4, -0.2) is 4.40 Å². The Labute approximate surface area is 180 Å². The summed E-state index contributed by atoms with van der Waals surface area (Å²) < 4.78 is 9.73. The summed E-state index contributed by atoms with van der Waals surface area (Å²) in [6.45, 7) is 0.519. The molecule has 5 aromatic rings. The van der Waals surface area contributed by atoms with Gasteiger partial charge in [0, 0.05) is 11.8 Å². The summed E-state index contributed by atoms with van der Waals surface area (Å²) in [5.41, 5.74) is 3.58. The lowest BCUT2D eigenvalue weighted by molar-refractivity contribution is 0.306. The van der Waals surface area contributed by atoms with Gasteiger partial charge in [-0.1, -0.05) is 42.5 Å². The van der Waals surface area contributed by atoms with Gasteiger partial charge in [0.15, 0.2) is 0 Å². The van der Waals surface area contributed by atoms with Crippen LogP contribution in [0.2, 0.25) is 0 Å². The minimum Gasteiger partial charge on any atom is -0.489 e. The molecule has 0 amide bonds. The third-order valence-corrected chi connectivity index (χ3v) is 6.57. The zero-order valence-corrected chi connectivity index (χ0v) is 17.7. The fourth-order valence-corrected chi connectivity index (χ4v) is 5.06. The van der Waals surface area contributed by atoms with E-state index in [0.29, 0.717) is 12.2 Å². The lowest BCUT2D eigenvalue weighted by Gasteiger charge is -2.09. The van der Waals surface area contributed by atoms with Crippen LogP contribution < -0.4 is 10.3 Å². The van der Waals surface area contributed by atoms with Gasteiger partial charge in [-0.3, -0.25) is 9.20 Å². The molecular formula is C24H16BrNO2S. The maximum atomic E-state index is 13.1. The van der Waals surface area contributed by atoms with Gasteiger partial charge >= 0.3 is 0 Å².